The van der Waals surface area contributed by atoms with Crippen LogP contribution in [0.5, 0.6) is 0 Å². The molecule has 3 atom stereocenters. The number of carbonyl (C=O) groups is 5. The Labute approximate surface area is 269 Å². The average molecular weight is 626 g/mol. The molecule has 0 N–H and O–H groups in total. The minimum Gasteiger partial charge on any atom is -0.327 e. The first-order valence-corrected chi connectivity index (χ1v) is 16.6. The number of rotatable bonds is 5. The van der Waals surface area contributed by atoms with Crippen LogP contribution < -0.4 is 0 Å². The molecule has 10 nitrogen and oxygen atoms in total. The number of piperidine rings is 1. The molecule has 1 saturated heterocycles. The van der Waals surface area contributed by atoms with Gasteiger partial charge < -0.3 is 4.90 Å². The molecule has 2 bridgehead atoms. The van der Waals surface area contributed by atoms with Crippen molar-refractivity contribution >= 4 is 39.9 Å². The molecule has 0 spiro atoms. The van der Waals surface area contributed by atoms with Gasteiger partial charge in [-0.15, -0.1) is 0 Å². The molecule has 46 heavy (non-hydrogen) atoms. The van der Waals surface area contributed by atoms with Crippen LogP contribution >= 0.6 is 0 Å². The summed E-state index contributed by atoms with van der Waals surface area (Å²) in [4.78, 5) is 75.7. The van der Waals surface area contributed by atoms with E-state index in [1.54, 1.807) is 22.0 Å². The van der Waals surface area contributed by atoms with Crippen molar-refractivity contribution in [2.75, 3.05) is 0 Å². The minimum atomic E-state index is -0.503. The lowest BCUT2D eigenvalue weighted by Gasteiger charge is -2.26. The largest absolute Gasteiger partial charge is 0.327 e. The van der Waals surface area contributed by atoms with E-state index in [2.05, 4.69) is 9.97 Å². The molecule has 1 aliphatic carbocycles. The van der Waals surface area contributed by atoms with Gasteiger partial charge in [-0.3, -0.25) is 28.7 Å². The molecule has 4 heterocycles. The second kappa shape index (κ2) is 11.9. The Morgan fingerprint density at radius 1 is 0.913 bits per heavy atom. The van der Waals surface area contributed by atoms with Gasteiger partial charge in [-0.2, -0.15) is 5.10 Å². The van der Waals surface area contributed by atoms with Crippen LogP contribution in [0, 0.1) is 10.8 Å². The zero-order valence-electron chi connectivity index (χ0n) is 27.5. The van der Waals surface area contributed by atoms with Crippen LogP contribution in [0.4, 0.5) is 0 Å². The van der Waals surface area contributed by atoms with Gasteiger partial charge in [0, 0.05) is 61.5 Å². The molecule has 2 fully saturated rings. The van der Waals surface area contributed by atoms with Gasteiger partial charge in [0.25, 0.3) is 0 Å². The van der Waals surface area contributed by atoms with E-state index in [4.69, 9.17) is 5.10 Å². The third-order valence-electron chi connectivity index (χ3n) is 10.6. The van der Waals surface area contributed by atoms with E-state index in [1.165, 1.54) is 13.8 Å². The summed E-state index contributed by atoms with van der Waals surface area (Å²) in [5.41, 5.74) is 2.83. The summed E-state index contributed by atoms with van der Waals surface area (Å²) in [6.45, 7) is 8.71. The van der Waals surface area contributed by atoms with Crippen molar-refractivity contribution in [1.82, 2.24) is 24.6 Å². The molecule has 1 amide bonds. The number of benzene rings is 1. The van der Waals surface area contributed by atoms with Crippen LogP contribution in [0.3, 0.4) is 0 Å². The number of nitrogens with zero attached hydrogens (tertiary/aromatic N) is 5. The lowest BCUT2D eigenvalue weighted by Crippen LogP contribution is -2.44. The minimum absolute atomic E-state index is 0.0408. The molecule has 2 aliphatic heterocycles. The lowest BCUT2D eigenvalue weighted by atomic mass is 9.79. The number of carbonyl (C=O) groups excluding carboxylic acids is 5. The Bertz CT molecular complexity index is 1760. The van der Waals surface area contributed by atoms with E-state index in [-0.39, 0.29) is 58.6 Å². The fourth-order valence-electron chi connectivity index (χ4n) is 7.77. The predicted molar refractivity (Wildman–Crippen MR) is 172 cm³/mol. The summed E-state index contributed by atoms with van der Waals surface area (Å²) in [5.74, 6) is -0.194. The first-order chi connectivity index (χ1) is 21.8. The molecule has 242 valence electrons. The molecular weight excluding hydrogens is 582 g/mol. The van der Waals surface area contributed by atoms with E-state index in [1.807, 2.05) is 32.9 Å². The maximum Gasteiger partial charge on any atom is 0.245 e. The third kappa shape index (κ3) is 5.71. The Balaban J connectivity index is 1.45. The number of hydrogen-bond acceptors (Lipinski definition) is 8. The van der Waals surface area contributed by atoms with E-state index < -0.39 is 11.5 Å². The second-order valence-corrected chi connectivity index (χ2v) is 14.2. The number of aryl methyl sites for hydroxylation is 1. The van der Waals surface area contributed by atoms with E-state index in [0.717, 1.165) is 48.7 Å². The quantitative estimate of drug-likeness (QED) is 0.329. The Kier molecular flexibility index (Phi) is 8.27. The molecule has 3 aromatic rings. The summed E-state index contributed by atoms with van der Waals surface area (Å²) in [5, 5.41) is 5.36. The number of amides is 1. The molecule has 0 unspecified atom stereocenters. The van der Waals surface area contributed by atoms with Crippen molar-refractivity contribution in [1.29, 1.82) is 0 Å². The highest BCUT2D eigenvalue weighted by atomic mass is 16.2. The molecule has 0 radical (unpaired) electrons. The fourth-order valence-corrected chi connectivity index (χ4v) is 7.77. The van der Waals surface area contributed by atoms with E-state index in [9.17, 15) is 24.0 Å². The molecule has 1 saturated carbocycles. The topological polar surface area (TPSA) is 132 Å². The van der Waals surface area contributed by atoms with Crippen LogP contribution in [0.1, 0.15) is 119 Å². The van der Waals surface area contributed by atoms with Crippen molar-refractivity contribution in [3.8, 4) is 11.1 Å². The Hall–Kier alpha value is -4.08. The predicted octanol–water partition coefficient (Wildman–Crippen LogP) is 5.73. The van der Waals surface area contributed by atoms with Gasteiger partial charge >= 0.3 is 0 Å². The fraction of sp³-hybridized carbons (Fsp3) is 0.556. The first-order valence-electron chi connectivity index (χ1n) is 16.6. The zero-order valence-corrected chi connectivity index (χ0v) is 27.5. The van der Waals surface area contributed by atoms with Gasteiger partial charge in [-0.1, -0.05) is 33.6 Å². The molecule has 3 aliphatic rings. The van der Waals surface area contributed by atoms with Crippen LogP contribution in [0.15, 0.2) is 24.5 Å². The summed E-state index contributed by atoms with van der Waals surface area (Å²) in [6, 6.07) is 3.35. The molecule has 2 aromatic heterocycles. The van der Waals surface area contributed by atoms with Crippen molar-refractivity contribution in [2.24, 2.45) is 10.8 Å². The number of aromatic nitrogens is 4. The maximum atomic E-state index is 14.2. The Morgan fingerprint density at radius 2 is 1.65 bits per heavy atom. The van der Waals surface area contributed by atoms with Crippen molar-refractivity contribution in [3.63, 3.8) is 0 Å². The standard InChI is InChI=1S/C36H43N5O5/c1-6-28(44)27-16-36-13-11-30(45)35(4,5)12-9-7-8-10-23-14-24(25-18-37-34(22(3)43)38-19-25)15-26-32(21(2)42)39-40(33(23)26)20-31(46)41(27)29(36)17-36/h14-15,18-19,27,29H,6-13,16-17,20H2,1-5H3/t27-,29+,36-/m0/s1. The second-order valence-electron chi connectivity index (χ2n) is 14.2. The number of hydrogen-bond donors (Lipinski definition) is 0. The molecule has 10 heteroatoms. The van der Waals surface area contributed by atoms with E-state index >= 15 is 0 Å². The van der Waals surface area contributed by atoms with Gasteiger partial charge in [0.15, 0.2) is 23.2 Å². The molecule has 1 aromatic carbocycles. The normalized spacial score (nSPS) is 24.8. The summed E-state index contributed by atoms with van der Waals surface area (Å²) in [7, 11) is 0. The van der Waals surface area contributed by atoms with Crippen molar-refractivity contribution < 1.29 is 24.0 Å². The Morgan fingerprint density at radius 3 is 2.33 bits per heavy atom. The summed E-state index contributed by atoms with van der Waals surface area (Å²) in [6.07, 6.45) is 10.3. The zero-order chi connectivity index (χ0) is 33.0. The highest BCUT2D eigenvalue weighted by Crippen LogP contribution is 2.62. The van der Waals surface area contributed by atoms with Gasteiger partial charge in [-0.05, 0) is 67.2 Å². The first kappa shape index (κ1) is 31.9. The highest BCUT2D eigenvalue weighted by Gasteiger charge is 2.66. The summed E-state index contributed by atoms with van der Waals surface area (Å²) < 4.78 is 1.66. The van der Waals surface area contributed by atoms with Gasteiger partial charge in [-0.25, -0.2) is 9.97 Å². The van der Waals surface area contributed by atoms with E-state index in [0.29, 0.717) is 43.1 Å². The monoisotopic (exact) mass is 625 g/mol. The van der Waals surface area contributed by atoms with Crippen LogP contribution in [-0.4, -0.2) is 65.8 Å². The number of ketones is 4. The smallest absolute Gasteiger partial charge is 0.245 e. The van der Waals surface area contributed by atoms with Gasteiger partial charge in [0.2, 0.25) is 5.91 Å². The van der Waals surface area contributed by atoms with Crippen LogP contribution in [0.2, 0.25) is 0 Å². The highest BCUT2D eigenvalue weighted by molar-refractivity contribution is 6.07. The number of Topliss-reactive ketones (excluding diaryl/α,β-unsaturated/α-hetero) is 4. The van der Waals surface area contributed by atoms with Crippen LogP contribution in [-0.2, 0) is 27.3 Å². The van der Waals surface area contributed by atoms with Crippen molar-refractivity contribution in [2.45, 2.75) is 117 Å². The maximum absolute atomic E-state index is 14.2. The molecule has 6 rings (SSSR count). The summed E-state index contributed by atoms with van der Waals surface area (Å²) >= 11 is 0. The lowest BCUT2D eigenvalue weighted by molar-refractivity contribution is -0.139. The average Bonchev–Trinajstić information content (AvgIpc) is 3.43. The van der Waals surface area contributed by atoms with Crippen molar-refractivity contribution in [3.05, 3.63) is 41.6 Å². The molecular formula is C36H43N5O5. The van der Waals surface area contributed by atoms with Crippen LogP contribution in [0.25, 0.3) is 22.0 Å². The van der Waals surface area contributed by atoms with Gasteiger partial charge in [0.05, 0.1) is 11.6 Å². The third-order valence-corrected chi connectivity index (χ3v) is 10.6. The SMILES string of the molecule is CCC(=O)[C@@H]1C[C@]23CCC(=O)C(C)(C)CCCCCc4cc(-c5cnc(C(C)=O)nc5)cc5c(C(C)=O)nn(c45)CC(=O)N1[C@@H]2C3. The van der Waals surface area contributed by atoms with Gasteiger partial charge in [0.1, 0.15) is 18.0 Å².